The molecule has 0 spiro atoms. The largest absolute Gasteiger partial charge is 0.498 e. The number of likely N-dealkylation sites (tertiary alicyclic amines) is 1. The van der Waals surface area contributed by atoms with Gasteiger partial charge in [-0.2, -0.15) is 0 Å². The van der Waals surface area contributed by atoms with Crippen molar-refractivity contribution in [1.82, 2.24) is 14.9 Å². The van der Waals surface area contributed by atoms with E-state index >= 15 is 0 Å². The minimum atomic E-state index is -1.34. The van der Waals surface area contributed by atoms with Gasteiger partial charge in [-0.1, -0.05) is 0 Å². The highest BCUT2D eigenvalue weighted by Crippen LogP contribution is 2.36. The van der Waals surface area contributed by atoms with Crippen LogP contribution in [0.2, 0.25) is 0 Å². The highest BCUT2D eigenvalue weighted by atomic mass is 16.7. The molecule has 31 heavy (non-hydrogen) atoms. The summed E-state index contributed by atoms with van der Waals surface area (Å²) in [5, 5.41) is 18.6. The van der Waals surface area contributed by atoms with Gasteiger partial charge < -0.3 is 29.3 Å². The summed E-state index contributed by atoms with van der Waals surface area (Å²) in [4.78, 5) is 25.0. The van der Waals surface area contributed by atoms with Crippen LogP contribution in [0.5, 0.6) is 0 Å². The van der Waals surface area contributed by atoms with Crippen molar-refractivity contribution in [1.29, 1.82) is 0 Å². The van der Waals surface area contributed by atoms with E-state index in [2.05, 4.69) is 28.7 Å². The van der Waals surface area contributed by atoms with Crippen molar-refractivity contribution in [3.8, 4) is 0 Å². The number of nitrogens with zero attached hydrogens (tertiary/aromatic N) is 4. The first-order valence-corrected chi connectivity index (χ1v) is 11.0. The van der Waals surface area contributed by atoms with Crippen molar-refractivity contribution >= 4 is 24.4 Å². The number of hydrogen-bond donors (Lipinski definition) is 2. The molecule has 9 nitrogen and oxygen atoms in total. The fourth-order valence-corrected chi connectivity index (χ4v) is 3.85. The SMILES string of the molecule is CC(C)N(C[C@@H]1CCN(C(=O)[C@@H](O)CO)C1)c1ncc(B2OC(C)(C)C(C)(C)O2)cn1. The summed E-state index contributed by atoms with van der Waals surface area (Å²) in [6, 6.07) is 0.176. The standard InChI is InChI=1S/C21H35BN4O5/c1-14(2)26(12-15-7-8-25(11-15)18(29)17(28)13-27)19-23-9-16(10-24-19)22-30-20(3,4)21(5,6)31-22/h9-10,14-15,17,27-28H,7-8,11-13H2,1-6H3/t15-,17+/m1/s1. The molecule has 2 atom stereocenters. The van der Waals surface area contributed by atoms with Gasteiger partial charge >= 0.3 is 7.12 Å². The van der Waals surface area contributed by atoms with Gasteiger partial charge in [0.05, 0.1) is 17.8 Å². The second-order valence-electron chi connectivity index (χ2n) is 9.79. The van der Waals surface area contributed by atoms with E-state index in [4.69, 9.17) is 14.4 Å². The lowest BCUT2D eigenvalue weighted by atomic mass is 9.81. The molecule has 2 fully saturated rings. The maximum Gasteiger partial charge on any atom is 0.498 e. The Morgan fingerprint density at radius 3 is 2.35 bits per heavy atom. The molecular formula is C21H35BN4O5. The van der Waals surface area contributed by atoms with Gasteiger partial charge in [0.25, 0.3) is 5.91 Å². The van der Waals surface area contributed by atoms with Gasteiger partial charge in [-0.05, 0) is 53.9 Å². The van der Waals surface area contributed by atoms with Gasteiger partial charge in [-0.3, -0.25) is 4.79 Å². The van der Waals surface area contributed by atoms with Gasteiger partial charge in [0, 0.05) is 43.5 Å². The van der Waals surface area contributed by atoms with Crippen molar-refractivity contribution < 1.29 is 24.3 Å². The van der Waals surface area contributed by atoms with Crippen LogP contribution in [0.25, 0.3) is 0 Å². The van der Waals surface area contributed by atoms with Crippen LogP contribution in [-0.2, 0) is 14.1 Å². The topological polar surface area (TPSA) is 108 Å². The normalized spacial score (nSPS) is 23.5. The lowest BCUT2D eigenvalue weighted by molar-refractivity contribution is -0.141. The molecule has 3 rings (SSSR count). The number of carbonyl (C=O) groups is 1. The van der Waals surface area contributed by atoms with Crippen LogP contribution in [0.3, 0.4) is 0 Å². The van der Waals surface area contributed by atoms with Gasteiger partial charge in [-0.25, -0.2) is 9.97 Å². The lowest BCUT2D eigenvalue weighted by Crippen LogP contribution is -2.41. The van der Waals surface area contributed by atoms with E-state index in [1.165, 1.54) is 0 Å². The number of aromatic nitrogens is 2. The Bertz CT molecular complexity index is 758. The molecule has 0 saturated carbocycles. The van der Waals surface area contributed by atoms with Crippen LogP contribution in [0.1, 0.15) is 48.0 Å². The van der Waals surface area contributed by atoms with E-state index in [0.29, 0.717) is 25.6 Å². The van der Waals surface area contributed by atoms with Gasteiger partial charge in [0.2, 0.25) is 5.95 Å². The van der Waals surface area contributed by atoms with Crippen LogP contribution in [0, 0.1) is 5.92 Å². The third kappa shape index (κ3) is 5.03. The fourth-order valence-electron chi connectivity index (χ4n) is 3.85. The molecule has 0 aliphatic carbocycles. The Labute approximate surface area is 184 Å². The number of anilines is 1. The average molecular weight is 434 g/mol. The minimum absolute atomic E-state index is 0.176. The Kier molecular flexibility index (Phi) is 6.95. The Hall–Kier alpha value is -1.75. The molecule has 1 aromatic heterocycles. The summed E-state index contributed by atoms with van der Waals surface area (Å²) >= 11 is 0. The number of rotatable bonds is 7. The molecule has 1 aromatic rings. The molecule has 2 aliphatic rings. The van der Waals surface area contributed by atoms with Crippen molar-refractivity contribution in [2.45, 2.75) is 71.3 Å². The van der Waals surface area contributed by atoms with E-state index in [1.54, 1.807) is 17.3 Å². The zero-order valence-corrected chi connectivity index (χ0v) is 19.4. The van der Waals surface area contributed by atoms with Crippen molar-refractivity contribution in [2.75, 3.05) is 31.1 Å². The Morgan fingerprint density at radius 1 is 1.26 bits per heavy atom. The zero-order valence-electron chi connectivity index (χ0n) is 19.4. The highest BCUT2D eigenvalue weighted by molar-refractivity contribution is 6.61. The van der Waals surface area contributed by atoms with E-state index in [9.17, 15) is 9.90 Å². The van der Waals surface area contributed by atoms with Crippen molar-refractivity contribution in [3.63, 3.8) is 0 Å². The average Bonchev–Trinajstić information content (AvgIpc) is 3.26. The minimum Gasteiger partial charge on any atom is -0.399 e. The van der Waals surface area contributed by atoms with E-state index in [1.807, 2.05) is 27.7 Å². The maximum absolute atomic E-state index is 12.1. The predicted octanol–water partition coefficient (Wildman–Crippen LogP) is 0.192. The molecule has 2 aliphatic heterocycles. The first-order chi connectivity index (χ1) is 14.4. The van der Waals surface area contributed by atoms with Crippen LogP contribution < -0.4 is 10.4 Å². The first kappa shape index (κ1) is 23.9. The molecule has 0 unspecified atom stereocenters. The van der Waals surface area contributed by atoms with Crippen LogP contribution in [0.4, 0.5) is 5.95 Å². The number of carbonyl (C=O) groups excluding carboxylic acids is 1. The van der Waals surface area contributed by atoms with E-state index in [0.717, 1.165) is 11.9 Å². The van der Waals surface area contributed by atoms with Crippen molar-refractivity contribution in [3.05, 3.63) is 12.4 Å². The molecule has 2 N–H and O–H groups in total. The number of amides is 1. The monoisotopic (exact) mass is 434 g/mol. The summed E-state index contributed by atoms with van der Waals surface area (Å²) in [7, 11) is -0.501. The molecule has 0 aromatic carbocycles. The number of hydrogen-bond acceptors (Lipinski definition) is 8. The van der Waals surface area contributed by atoms with E-state index < -0.39 is 36.9 Å². The molecule has 10 heteroatoms. The third-order valence-electron chi connectivity index (χ3n) is 6.57. The quantitative estimate of drug-likeness (QED) is 0.586. The van der Waals surface area contributed by atoms with Gasteiger partial charge in [-0.15, -0.1) is 0 Å². The summed E-state index contributed by atoms with van der Waals surface area (Å²) in [6.07, 6.45) is 2.99. The molecule has 1 amide bonds. The molecule has 0 radical (unpaired) electrons. The third-order valence-corrected chi connectivity index (χ3v) is 6.57. The molecular weight excluding hydrogens is 399 g/mol. The zero-order chi connectivity index (χ0) is 23.0. The van der Waals surface area contributed by atoms with Crippen LogP contribution >= 0.6 is 0 Å². The number of aliphatic hydroxyl groups excluding tert-OH is 2. The summed E-state index contributed by atoms with van der Waals surface area (Å²) < 4.78 is 12.2. The molecule has 3 heterocycles. The second kappa shape index (κ2) is 9.01. The molecule has 172 valence electrons. The van der Waals surface area contributed by atoms with Gasteiger partial charge in [0.1, 0.15) is 0 Å². The molecule has 2 saturated heterocycles. The van der Waals surface area contributed by atoms with Gasteiger partial charge in [0.15, 0.2) is 6.10 Å². The second-order valence-corrected chi connectivity index (χ2v) is 9.79. The Balaban J connectivity index is 1.66. The smallest absolute Gasteiger partial charge is 0.399 e. The maximum atomic E-state index is 12.1. The first-order valence-electron chi connectivity index (χ1n) is 11.0. The van der Waals surface area contributed by atoms with Crippen molar-refractivity contribution in [2.24, 2.45) is 5.92 Å². The Morgan fingerprint density at radius 2 is 1.84 bits per heavy atom. The van der Waals surface area contributed by atoms with Crippen LogP contribution in [-0.4, -0.2) is 87.7 Å². The summed E-state index contributed by atoms with van der Waals surface area (Å²) in [6.45, 7) is 13.5. The highest BCUT2D eigenvalue weighted by Gasteiger charge is 2.52. The lowest BCUT2D eigenvalue weighted by Gasteiger charge is -2.32. The summed E-state index contributed by atoms with van der Waals surface area (Å²) in [5.74, 6) is 0.447. The fraction of sp³-hybridized carbons (Fsp3) is 0.762. The molecule has 0 bridgehead atoms. The summed E-state index contributed by atoms with van der Waals surface area (Å²) in [5.41, 5.74) is -0.0625. The van der Waals surface area contributed by atoms with Crippen LogP contribution in [0.15, 0.2) is 12.4 Å². The van der Waals surface area contributed by atoms with E-state index in [-0.39, 0.29) is 12.0 Å². The predicted molar refractivity (Wildman–Crippen MR) is 118 cm³/mol. The number of aliphatic hydroxyl groups is 2.